The fourth-order valence-corrected chi connectivity index (χ4v) is 4.59. The first-order valence-corrected chi connectivity index (χ1v) is 9.75. The van der Waals surface area contributed by atoms with E-state index in [9.17, 15) is 8.42 Å². The summed E-state index contributed by atoms with van der Waals surface area (Å²) in [5, 5.41) is 3.51. The lowest BCUT2D eigenvalue weighted by Gasteiger charge is -2.08. The van der Waals surface area contributed by atoms with Gasteiger partial charge in [0.25, 0.3) is 0 Å². The van der Waals surface area contributed by atoms with Crippen LogP contribution in [0.15, 0.2) is 10.3 Å². The van der Waals surface area contributed by atoms with E-state index in [0.29, 0.717) is 22.5 Å². The zero-order valence-electron chi connectivity index (χ0n) is 11.8. The second-order valence-electron chi connectivity index (χ2n) is 4.43. The largest absolute Gasteiger partial charge is 0.315 e. The van der Waals surface area contributed by atoms with Crippen molar-refractivity contribution in [3.8, 4) is 0 Å². The molecule has 7 heteroatoms. The van der Waals surface area contributed by atoms with Crippen molar-refractivity contribution in [2.45, 2.75) is 36.3 Å². The minimum Gasteiger partial charge on any atom is -0.315 e. The fraction of sp³-hybridized carbons (Fsp3) is 0.667. The van der Waals surface area contributed by atoms with Crippen LogP contribution in [0.3, 0.4) is 0 Å². The average molecular weight is 323 g/mol. The number of hydrogen-bond donors (Lipinski definition) is 2. The van der Waals surface area contributed by atoms with Gasteiger partial charge in [-0.2, -0.15) is 11.8 Å². The van der Waals surface area contributed by atoms with E-state index >= 15 is 0 Å². The first-order chi connectivity index (χ1) is 8.90. The van der Waals surface area contributed by atoms with Crippen LogP contribution >= 0.6 is 23.1 Å². The van der Waals surface area contributed by atoms with Gasteiger partial charge in [-0.3, -0.25) is 0 Å². The zero-order chi connectivity index (χ0) is 14.5. The van der Waals surface area contributed by atoms with Gasteiger partial charge in [0.1, 0.15) is 4.21 Å². The van der Waals surface area contributed by atoms with Crippen molar-refractivity contribution in [1.82, 2.24) is 10.0 Å². The predicted molar refractivity (Wildman–Crippen MR) is 84.6 cm³/mol. The molecular formula is C12H22N2O2S3. The van der Waals surface area contributed by atoms with Gasteiger partial charge in [0, 0.05) is 23.2 Å². The summed E-state index contributed by atoms with van der Waals surface area (Å²) in [5.41, 5.74) is 1.03. The highest BCUT2D eigenvalue weighted by molar-refractivity contribution is 7.99. The second kappa shape index (κ2) is 7.64. The molecule has 1 heterocycles. The molecular weight excluding hydrogens is 300 g/mol. The van der Waals surface area contributed by atoms with Crippen LogP contribution in [0.4, 0.5) is 0 Å². The third-order valence-electron chi connectivity index (χ3n) is 2.85. The van der Waals surface area contributed by atoms with Gasteiger partial charge in [-0.05, 0) is 38.3 Å². The van der Waals surface area contributed by atoms with E-state index in [2.05, 4.69) is 17.0 Å². The van der Waals surface area contributed by atoms with Crippen LogP contribution in [0.25, 0.3) is 0 Å². The van der Waals surface area contributed by atoms with Crippen molar-refractivity contribution >= 4 is 33.1 Å². The average Bonchev–Trinajstić information content (AvgIpc) is 2.72. The lowest BCUT2D eigenvalue weighted by atomic mass is 10.3. The first-order valence-electron chi connectivity index (χ1n) is 6.17. The summed E-state index contributed by atoms with van der Waals surface area (Å²) in [6.45, 7) is 5.23. The van der Waals surface area contributed by atoms with Crippen LogP contribution in [0.2, 0.25) is 0 Å². The second-order valence-corrected chi connectivity index (χ2v) is 8.84. The molecule has 0 radical (unpaired) electrons. The molecule has 0 saturated carbocycles. The molecule has 0 bridgehead atoms. The molecule has 0 fully saturated rings. The number of nitrogens with one attached hydrogen (secondary N) is 2. The number of thiophene rings is 1. The van der Waals surface area contributed by atoms with E-state index < -0.39 is 10.0 Å². The quantitative estimate of drug-likeness (QED) is 0.770. The Bertz CT molecular complexity index is 497. The van der Waals surface area contributed by atoms with E-state index in [1.807, 2.05) is 20.2 Å². The highest BCUT2D eigenvalue weighted by Crippen LogP contribution is 2.25. The summed E-state index contributed by atoms with van der Waals surface area (Å²) < 4.78 is 27.4. The lowest BCUT2D eigenvalue weighted by molar-refractivity contribution is 0.581. The smallest absolute Gasteiger partial charge is 0.250 e. The Labute approximate surface area is 124 Å². The van der Waals surface area contributed by atoms with Gasteiger partial charge >= 0.3 is 0 Å². The van der Waals surface area contributed by atoms with Gasteiger partial charge < -0.3 is 5.32 Å². The van der Waals surface area contributed by atoms with Crippen LogP contribution < -0.4 is 10.0 Å². The van der Waals surface area contributed by atoms with Gasteiger partial charge in [-0.25, -0.2) is 13.1 Å². The summed E-state index contributed by atoms with van der Waals surface area (Å²) in [7, 11) is -1.50. The van der Waals surface area contributed by atoms with Crippen LogP contribution in [0.5, 0.6) is 0 Å². The SMILES string of the molecule is CNCc1sc(S(=O)(=O)NCCC(C)SC)cc1C. The molecule has 0 spiro atoms. The number of sulfonamides is 1. The van der Waals surface area contributed by atoms with Crippen molar-refractivity contribution in [3.05, 3.63) is 16.5 Å². The molecule has 4 nitrogen and oxygen atoms in total. The summed E-state index contributed by atoms with van der Waals surface area (Å²) in [6.07, 6.45) is 2.87. The standard InChI is InChI=1S/C12H22N2O2S3/c1-9-7-12(18-11(9)8-13-3)19(15,16)14-6-5-10(2)17-4/h7,10,13-14H,5-6,8H2,1-4H3. The number of thioether (sulfide) groups is 1. The molecule has 0 aromatic carbocycles. The third kappa shape index (κ3) is 5.07. The molecule has 1 unspecified atom stereocenters. The van der Waals surface area contributed by atoms with E-state index in [4.69, 9.17) is 0 Å². The van der Waals surface area contributed by atoms with E-state index in [1.54, 1.807) is 17.8 Å². The fourth-order valence-electron chi connectivity index (χ4n) is 1.54. The summed E-state index contributed by atoms with van der Waals surface area (Å²) in [4.78, 5) is 1.07. The minimum absolute atomic E-state index is 0.409. The molecule has 0 aliphatic rings. The van der Waals surface area contributed by atoms with Crippen molar-refractivity contribution in [3.63, 3.8) is 0 Å². The minimum atomic E-state index is -3.35. The third-order valence-corrected chi connectivity index (χ3v) is 7.06. The topological polar surface area (TPSA) is 58.2 Å². The highest BCUT2D eigenvalue weighted by Gasteiger charge is 2.18. The Hall–Kier alpha value is -0.0800. The summed E-state index contributed by atoms with van der Waals surface area (Å²) in [6, 6.07) is 1.75. The molecule has 1 atom stereocenters. The first kappa shape index (κ1) is 17.0. The van der Waals surface area contributed by atoms with Crippen molar-refractivity contribution in [2.24, 2.45) is 0 Å². The molecule has 0 aliphatic heterocycles. The van der Waals surface area contributed by atoms with Gasteiger partial charge in [-0.1, -0.05) is 6.92 Å². The Kier molecular flexibility index (Phi) is 6.82. The lowest BCUT2D eigenvalue weighted by Crippen LogP contribution is -2.25. The molecule has 110 valence electrons. The van der Waals surface area contributed by atoms with Crippen LogP contribution in [-0.2, 0) is 16.6 Å². The van der Waals surface area contributed by atoms with Gasteiger partial charge in [0.05, 0.1) is 0 Å². The molecule has 2 N–H and O–H groups in total. The van der Waals surface area contributed by atoms with Gasteiger partial charge in [-0.15, -0.1) is 11.3 Å². The monoisotopic (exact) mass is 322 g/mol. The van der Waals surface area contributed by atoms with Gasteiger partial charge in [0.2, 0.25) is 10.0 Å². The molecule has 1 aromatic heterocycles. The Morgan fingerprint density at radius 3 is 2.74 bits per heavy atom. The highest BCUT2D eigenvalue weighted by atomic mass is 32.2. The number of rotatable bonds is 8. The predicted octanol–water partition coefficient (Wildman–Crippen LogP) is 2.20. The maximum atomic E-state index is 12.1. The maximum Gasteiger partial charge on any atom is 0.250 e. The maximum absolute atomic E-state index is 12.1. The summed E-state index contributed by atoms with van der Waals surface area (Å²) in [5.74, 6) is 0. The van der Waals surface area contributed by atoms with Gasteiger partial charge in [0.15, 0.2) is 0 Å². The van der Waals surface area contributed by atoms with Crippen LogP contribution in [0.1, 0.15) is 23.8 Å². The molecule has 1 aromatic rings. The number of hydrogen-bond acceptors (Lipinski definition) is 5. The van der Waals surface area contributed by atoms with Crippen LogP contribution in [0, 0.1) is 6.92 Å². The molecule has 1 rings (SSSR count). The number of aryl methyl sites for hydroxylation is 1. The molecule has 0 amide bonds. The van der Waals surface area contributed by atoms with Crippen molar-refractivity contribution in [2.75, 3.05) is 19.8 Å². The Morgan fingerprint density at radius 2 is 2.16 bits per heavy atom. The zero-order valence-corrected chi connectivity index (χ0v) is 14.3. The van der Waals surface area contributed by atoms with Crippen LogP contribution in [-0.4, -0.2) is 33.5 Å². The molecule has 0 aliphatic carbocycles. The van der Waals surface area contributed by atoms with E-state index in [1.165, 1.54) is 11.3 Å². The van der Waals surface area contributed by atoms with E-state index in [0.717, 1.165) is 16.9 Å². The van der Waals surface area contributed by atoms with Crippen molar-refractivity contribution in [1.29, 1.82) is 0 Å². The Balaban J connectivity index is 2.69. The van der Waals surface area contributed by atoms with Crippen molar-refractivity contribution < 1.29 is 8.42 Å². The molecule has 19 heavy (non-hydrogen) atoms. The normalized spacial score (nSPS) is 13.7. The van der Waals surface area contributed by atoms with E-state index in [-0.39, 0.29) is 0 Å². The molecule has 0 saturated heterocycles. The summed E-state index contributed by atoms with van der Waals surface area (Å²) >= 11 is 3.08. The Morgan fingerprint density at radius 1 is 1.47 bits per heavy atom.